The zero-order valence-electron chi connectivity index (χ0n) is 14.4. The van der Waals surface area contributed by atoms with Gasteiger partial charge in [-0.25, -0.2) is 0 Å². The zero-order valence-corrected chi connectivity index (χ0v) is 14.4. The number of fused-ring (bicyclic) bond motifs is 2. The first kappa shape index (κ1) is 19.6. The van der Waals surface area contributed by atoms with E-state index in [1.165, 1.54) is 36.4 Å². The van der Waals surface area contributed by atoms with Crippen LogP contribution in [0.15, 0.2) is 55.9 Å². The maximum Gasteiger partial charge on any atom is 0.249 e. The van der Waals surface area contributed by atoms with E-state index in [-0.39, 0.29) is 37.5 Å². The largest absolute Gasteiger partial charge is 0.359 e. The first-order valence-electron chi connectivity index (χ1n) is 7.62. The number of carbonyl (C=O) groups is 2. The second kappa shape index (κ2) is 8.22. The Morgan fingerprint density at radius 1 is 0.833 bits per heavy atom. The molecule has 0 aliphatic rings. The number of aromatic nitrogens is 4. The van der Waals surface area contributed by atoms with Crippen molar-refractivity contribution < 1.29 is 28.7 Å². The fourth-order valence-electron chi connectivity index (χ4n) is 2.21. The molecule has 0 radical (unpaired) electrons. The van der Waals surface area contributed by atoms with Gasteiger partial charge in [-0.15, -0.1) is 0 Å². The summed E-state index contributed by atoms with van der Waals surface area (Å²) in [5.74, 6) is -1.50. The van der Waals surface area contributed by atoms with Crippen molar-refractivity contribution >= 4 is 33.9 Å². The van der Waals surface area contributed by atoms with Crippen molar-refractivity contribution in [1.29, 1.82) is 0 Å². The summed E-state index contributed by atoms with van der Waals surface area (Å²) in [4.78, 5) is 27.4. The molecule has 0 saturated heterocycles. The number of rotatable bonds is 2. The van der Waals surface area contributed by atoms with Gasteiger partial charge in [-0.2, -0.15) is 0 Å². The molecule has 0 N–H and O–H groups in total. The van der Waals surface area contributed by atoms with E-state index < -0.39 is 11.8 Å². The van der Waals surface area contributed by atoms with E-state index in [4.69, 9.17) is 11.1 Å². The van der Waals surface area contributed by atoms with E-state index in [1.807, 2.05) is 0 Å². The van der Waals surface area contributed by atoms with Crippen LogP contribution in [0.5, 0.6) is 0 Å². The molecule has 0 fully saturated rings. The summed E-state index contributed by atoms with van der Waals surface area (Å²) in [7, 11) is 0. The molecule has 148 valence electrons. The molecular weight excluding hydrogens is 404 g/mol. The van der Waals surface area contributed by atoms with E-state index in [2.05, 4.69) is 39.6 Å². The van der Waals surface area contributed by atoms with Gasteiger partial charge in [0.25, 0.3) is 0 Å². The highest BCUT2D eigenvalue weighted by atomic mass is 16.8. The monoisotopic (exact) mass is 410 g/mol. The molecule has 2 aromatic heterocycles. The molecule has 0 aliphatic heterocycles. The standard InChI is InChI=1S/2C7H3N5O3/c8-11-9-7(13)4-1-2-6-5(3-4)10-15-12(6)14;8-11-9-7(13)4-1-2-5-6(3-4)12(14)15-10-5/h2*1-3H. The average molecular weight is 410 g/mol. The molecule has 0 aliphatic carbocycles. The van der Waals surface area contributed by atoms with Gasteiger partial charge in [-0.05, 0) is 55.4 Å². The van der Waals surface area contributed by atoms with Gasteiger partial charge in [0.1, 0.15) is 0 Å². The van der Waals surface area contributed by atoms with Crippen LogP contribution in [0.2, 0.25) is 0 Å². The Kier molecular flexibility index (Phi) is 5.36. The maximum absolute atomic E-state index is 11.1. The fraction of sp³-hybridized carbons (Fsp3) is 0. The van der Waals surface area contributed by atoms with Crippen LogP contribution < -0.4 is 9.81 Å². The molecule has 2 heterocycles. The van der Waals surface area contributed by atoms with Crippen molar-refractivity contribution in [3.8, 4) is 0 Å². The van der Waals surface area contributed by atoms with Gasteiger partial charge in [0.2, 0.25) is 33.9 Å². The first-order chi connectivity index (χ1) is 14.4. The van der Waals surface area contributed by atoms with Crippen LogP contribution >= 0.6 is 0 Å². The van der Waals surface area contributed by atoms with Crippen molar-refractivity contribution in [3.63, 3.8) is 0 Å². The third-order valence-electron chi connectivity index (χ3n) is 3.54. The summed E-state index contributed by atoms with van der Waals surface area (Å²) < 4.78 is 8.61. The number of hydrogen-bond donors (Lipinski definition) is 0. The summed E-state index contributed by atoms with van der Waals surface area (Å²) >= 11 is 0. The quantitative estimate of drug-likeness (QED) is 0.204. The van der Waals surface area contributed by atoms with Crippen molar-refractivity contribution in [1.82, 2.24) is 10.3 Å². The number of carbonyl (C=O) groups excluding carboxylic acids is 2. The Labute approximate surface area is 162 Å². The lowest BCUT2D eigenvalue weighted by Gasteiger charge is -1.91. The molecule has 0 unspecified atom stereocenters. The molecule has 0 atom stereocenters. The summed E-state index contributed by atoms with van der Waals surface area (Å²) in [5, 5.41) is 34.5. The summed E-state index contributed by atoms with van der Waals surface area (Å²) in [6.07, 6.45) is 0. The molecule has 4 aromatic rings. The third kappa shape index (κ3) is 3.89. The highest BCUT2D eigenvalue weighted by molar-refractivity contribution is 5.98. The number of amides is 2. The predicted molar refractivity (Wildman–Crippen MR) is 92.9 cm³/mol. The summed E-state index contributed by atoms with van der Waals surface area (Å²) in [6.45, 7) is 0. The Morgan fingerprint density at radius 3 is 2.00 bits per heavy atom. The zero-order chi connectivity index (χ0) is 21.7. The van der Waals surface area contributed by atoms with E-state index in [0.717, 1.165) is 0 Å². The lowest BCUT2D eigenvalue weighted by Crippen LogP contribution is -2.22. The SMILES string of the molecule is [N-]=[N+]=NC(=O)c1ccc2c(c1)no[n+]2[O-].[N-]=[N+]=NC(=O)c1ccc2no[n+]([O-])c2c1. The molecule has 16 heteroatoms. The van der Waals surface area contributed by atoms with Crippen molar-refractivity contribution in [2.45, 2.75) is 0 Å². The second-order valence-corrected chi connectivity index (χ2v) is 5.26. The van der Waals surface area contributed by atoms with E-state index in [1.54, 1.807) is 0 Å². The Morgan fingerprint density at radius 2 is 1.37 bits per heavy atom. The molecule has 2 aromatic carbocycles. The van der Waals surface area contributed by atoms with E-state index in [9.17, 15) is 20.0 Å². The smallest absolute Gasteiger partial charge is 0.249 e. The van der Waals surface area contributed by atoms with E-state index in [0.29, 0.717) is 5.52 Å². The first-order valence-corrected chi connectivity index (χ1v) is 7.62. The van der Waals surface area contributed by atoms with Crippen LogP contribution in [0.25, 0.3) is 43.0 Å². The Balaban J connectivity index is 0.000000171. The molecular formula is C14H6N10O6. The summed E-state index contributed by atoms with van der Waals surface area (Å²) in [6, 6.07) is 8.08. The minimum Gasteiger partial charge on any atom is -0.359 e. The van der Waals surface area contributed by atoms with Gasteiger partial charge in [-0.1, -0.05) is 0 Å². The Bertz CT molecular complexity index is 1380. The highest BCUT2D eigenvalue weighted by Crippen LogP contribution is 2.12. The van der Waals surface area contributed by atoms with Crippen LogP contribution in [0.1, 0.15) is 20.7 Å². The van der Waals surface area contributed by atoms with Gasteiger partial charge < -0.3 is 10.4 Å². The highest BCUT2D eigenvalue weighted by Gasteiger charge is 2.13. The molecule has 16 nitrogen and oxygen atoms in total. The maximum atomic E-state index is 11.1. The average Bonchev–Trinajstić information content (AvgIpc) is 3.31. The number of benzene rings is 2. The van der Waals surface area contributed by atoms with Crippen LogP contribution in [0, 0.1) is 10.4 Å². The molecule has 0 saturated carbocycles. The molecule has 2 amide bonds. The van der Waals surface area contributed by atoms with E-state index >= 15 is 0 Å². The number of azide groups is 2. The van der Waals surface area contributed by atoms with Crippen molar-refractivity contribution in [2.75, 3.05) is 0 Å². The Hall–Kier alpha value is -5.20. The number of hydrogen-bond acceptors (Lipinski definition) is 8. The molecule has 30 heavy (non-hydrogen) atoms. The number of nitrogens with zero attached hydrogens (tertiary/aromatic N) is 10. The van der Waals surface area contributed by atoms with Crippen molar-refractivity contribution in [3.05, 3.63) is 78.8 Å². The molecule has 4 rings (SSSR count). The van der Waals surface area contributed by atoms with Gasteiger partial charge >= 0.3 is 0 Å². The molecule has 0 bridgehead atoms. The van der Waals surface area contributed by atoms with Gasteiger partial charge in [0, 0.05) is 43.4 Å². The van der Waals surface area contributed by atoms with Gasteiger partial charge in [0.05, 0.1) is 0 Å². The topological polar surface area (TPSA) is 238 Å². The van der Waals surface area contributed by atoms with Gasteiger partial charge in [0.15, 0.2) is 0 Å². The normalized spacial score (nSPS) is 9.87. The second-order valence-electron chi connectivity index (χ2n) is 5.26. The van der Waals surface area contributed by atoms with Crippen LogP contribution in [0.4, 0.5) is 0 Å². The van der Waals surface area contributed by atoms with Crippen molar-refractivity contribution in [2.24, 2.45) is 10.2 Å². The minimum atomic E-state index is -0.763. The lowest BCUT2D eigenvalue weighted by molar-refractivity contribution is -0.782. The summed E-state index contributed by atoms with van der Waals surface area (Å²) in [5.41, 5.74) is 17.2. The molecule has 0 spiro atoms. The lowest BCUT2D eigenvalue weighted by atomic mass is 10.2. The van der Waals surface area contributed by atoms with Crippen LogP contribution in [0.3, 0.4) is 0 Å². The minimum absolute atomic E-state index is 0.105. The van der Waals surface area contributed by atoms with Crippen LogP contribution in [-0.4, -0.2) is 22.1 Å². The third-order valence-corrected chi connectivity index (χ3v) is 3.54. The van der Waals surface area contributed by atoms with Crippen LogP contribution in [-0.2, 0) is 0 Å². The predicted octanol–water partition coefficient (Wildman–Crippen LogP) is 1.82. The fourth-order valence-corrected chi connectivity index (χ4v) is 2.21. The van der Waals surface area contributed by atoms with Gasteiger partial charge in [-0.3, -0.25) is 18.8 Å².